The van der Waals surface area contributed by atoms with Crippen molar-refractivity contribution < 1.29 is 19.0 Å². The van der Waals surface area contributed by atoms with Gasteiger partial charge >= 0.3 is 0 Å². The van der Waals surface area contributed by atoms with Crippen LogP contribution in [0.15, 0.2) is 54.6 Å². The number of hydrogen-bond donors (Lipinski definition) is 1. The van der Waals surface area contributed by atoms with Gasteiger partial charge in [0.05, 0.1) is 38.3 Å². The van der Waals surface area contributed by atoms with Crippen LogP contribution in [0.1, 0.15) is 28.9 Å². The molecular formula is C30H34ClN3O4. The summed E-state index contributed by atoms with van der Waals surface area (Å²) in [6.45, 7) is 5.81. The number of ether oxygens (including phenoxy) is 3. The van der Waals surface area contributed by atoms with E-state index in [0.29, 0.717) is 31.1 Å². The molecule has 7 nitrogen and oxygen atoms in total. The van der Waals surface area contributed by atoms with Crippen LogP contribution in [0.2, 0.25) is 5.02 Å². The Morgan fingerprint density at radius 1 is 1.00 bits per heavy atom. The number of aromatic nitrogens is 2. The predicted octanol–water partition coefficient (Wildman–Crippen LogP) is 5.69. The first-order valence-electron chi connectivity index (χ1n) is 12.7. The molecule has 1 aromatic heterocycles. The number of carbonyl (C=O) groups is 1. The van der Waals surface area contributed by atoms with Gasteiger partial charge in [0.1, 0.15) is 11.6 Å². The highest BCUT2D eigenvalue weighted by atomic mass is 35.5. The van der Waals surface area contributed by atoms with Crippen LogP contribution < -0.4 is 19.5 Å². The summed E-state index contributed by atoms with van der Waals surface area (Å²) in [5, 5.41) is 3.80. The normalized spacial score (nSPS) is 11.0. The molecule has 3 aromatic carbocycles. The molecule has 1 amide bonds. The lowest BCUT2D eigenvalue weighted by atomic mass is 10.1. The van der Waals surface area contributed by atoms with Gasteiger partial charge in [-0.05, 0) is 73.4 Å². The maximum atomic E-state index is 12.6. The number of hydrogen-bond acceptors (Lipinski definition) is 5. The molecule has 4 rings (SSSR count). The standard InChI is InChI=1S/C30H34ClN3O4/c1-20-16-23(17-21(2)30(20)31)38-15-7-14-34-25-9-6-5-8-24(25)33-28(34)12-13-32-29(35)19-22-10-11-26(36-3)27(18-22)37-4/h5-6,8-11,16-18H,7,12-15,19H2,1-4H3,(H,32,35). The Morgan fingerprint density at radius 3 is 2.47 bits per heavy atom. The number of imidazole rings is 1. The Labute approximate surface area is 228 Å². The lowest BCUT2D eigenvalue weighted by Gasteiger charge is -2.12. The summed E-state index contributed by atoms with van der Waals surface area (Å²) in [6.07, 6.45) is 1.71. The van der Waals surface area contributed by atoms with E-state index < -0.39 is 0 Å². The molecule has 4 aromatic rings. The minimum Gasteiger partial charge on any atom is -0.494 e. The molecule has 0 bridgehead atoms. The molecule has 1 N–H and O–H groups in total. The van der Waals surface area contributed by atoms with E-state index in [9.17, 15) is 4.79 Å². The zero-order valence-electron chi connectivity index (χ0n) is 22.3. The van der Waals surface area contributed by atoms with Crippen molar-refractivity contribution >= 4 is 28.5 Å². The lowest BCUT2D eigenvalue weighted by Crippen LogP contribution is -2.28. The zero-order chi connectivity index (χ0) is 27.1. The molecular weight excluding hydrogens is 502 g/mol. The first-order chi connectivity index (χ1) is 18.4. The quantitative estimate of drug-likeness (QED) is 0.236. The Balaban J connectivity index is 1.34. The Bertz CT molecular complexity index is 1390. The topological polar surface area (TPSA) is 74.6 Å². The van der Waals surface area contributed by atoms with Gasteiger partial charge < -0.3 is 24.1 Å². The fourth-order valence-electron chi connectivity index (χ4n) is 4.52. The first kappa shape index (κ1) is 27.3. The lowest BCUT2D eigenvalue weighted by molar-refractivity contribution is -0.120. The van der Waals surface area contributed by atoms with E-state index >= 15 is 0 Å². The van der Waals surface area contributed by atoms with Gasteiger partial charge in [-0.1, -0.05) is 29.8 Å². The van der Waals surface area contributed by atoms with Gasteiger partial charge in [0.15, 0.2) is 11.5 Å². The van der Waals surface area contributed by atoms with E-state index in [4.69, 9.17) is 30.8 Å². The summed E-state index contributed by atoms with van der Waals surface area (Å²) in [4.78, 5) is 17.4. The third kappa shape index (κ3) is 6.58. The van der Waals surface area contributed by atoms with Gasteiger partial charge in [-0.3, -0.25) is 4.79 Å². The summed E-state index contributed by atoms with van der Waals surface area (Å²) in [5.41, 5.74) is 4.91. The predicted molar refractivity (Wildman–Crippen MR) is 151 cm³/mol. The number of fused-ring (bicyclic) bond motifs is 1. The summed E-state index contributed by atoms with van der Waals surface area (Å²) >= 11 is 6.27. The molecule has 0 saturated heterocycles. The van der Waals surface area contributed by atoms with Crippen molar-refractivity contribution in [1.82, 2.24) is 14.9 Å². The van der Waals surface area contributed by atoms with Crippen molar-refractivity contribution in [3.05, 3.63) is 82.1 Å². The molecule has 38 heavy (non-hydrogen) atoms. The maximum Gasteiger partial charge on any atom is 0.224 e. The first-order valence-corrected chi connectivity index (χ1v) is 13.1. The number of carbonyl (C=O) groups excluding carboxylic acids is 1. The SMILES string of the molecule is COc1ccc(CC(=O)NCCc2nc3ccccc3n2CCCOc2cc(C)c(Cl)c(C)c2)cc1OC. The molecule has 200 valence electrons. The molecule has 0 spiro atoms. The van der Waals surface area contributed by atoms with E-state index in [1.807, 2.05) is 62.4 Å². The van der Waals surface area contributed by atoms with Crippen LogP contribution in [0.25, 0.3) is 11.0 Å². The molecule has 0 radical (unpaired) electrons. The second-order valence-corrected chi connectivity index (χ2v) is 9.59. The summed E-state index contributed by atoms with van der Waals surface area (Å²) in [6, 6.07) is 17.5. The van der Waals surface area contributed by atoms with Gasteiger partial charge in [-0.15, -0.1) is 0 Å². The number of rotatable bonds is 12. The number of amides is 1. The molecule has 1 heterocycles. The smallest absolute Gasteiger partial charge is 0.224 e. The van der Waals surface area contributed by atoms with Crippen molar-refractivity contribution in [1.29, 1.82) is 0 Å². The zero-order valence-corrected chi connectivity index (χ0v) is 23.1. The van der Waals surface area contributed by atoms with Crippen LogP contribution in [0.5, 0.6) is 17.2 Å². The summed E-state index contributed by atoms with van der Waals surface area (Å²) in [5.74, 6) is 2.96. The van der Waals surface area contributed by atoms with E-state index in [-0.39, 0.29) is 12.3 Å². The molecule has 0 aliphatic carbocycles. The number of halogens is 1. The average Bonchev–Trinajstić information content (AvgIpc) is 3.26. The average molecular weight is 536 g/mol. The molecule has 0 saturated carbocycles. The highest BCUT2D eigenvalue weighted by Gasteiger charge is 2.12. The number of nitrogens with one attached hydrogen (secondary N) is 1. The second kappa shape index (κ2) is 12.7. The van der Waals surface area contributed by atoms with Crippen molar-refractivity contribution in [3.8, 4) is 17.2 Å². The Morgan fingerprint density at radius 2 is 1.74 bits per heavy atom. The van der Waals surface area contributed by atoms with Crippen molar-refractivity contribution in [3.63, 3.8) is 0 Å². The number of methoxy groups -OCH3 is 2. The van der Waals surface area contributed by atoms with E-state index in [1.165, 1.54) is 0 Å². The highest BCUT2D eigenvalue weighted by Crippen LogP contribution is 2.28. The third-order valence-electron chi connectivity index (χ3n) is 6.42. The van der Waals surface area contributed by atoms with Crippen LogP contribution in [0, 0.1) is 13.8 Å². The third-order valence-corrected chi connectivity index (χ3v) is 7.02. The van der Waals surface area contributed by atoms with Crippen LogP contribution in [0.3, 0.4) is 0 Å². The molecule has 0 unspecified atom stereocenters. The minimum absolute atomic E-state index is 0.0539. The van der Waals surface area contributed by atoms with E-state index in [1.54, 1.807) is 14.2 Å². The maximum absolute atomic E-state index is 12.6. The largest absolute Gasteiger partial charge is 0.494 e. The van der Waals surface area contributed by atoms with E-state index in [0.717, 1.165) is 57.3 Å². The van der Waals surface area contributed by atoms with Crippen LogP contribution in [-0.2, 0) is 24.2 Å². The van der Waals surface area contributed by atoms with Crippen molar-refractivity contribution in [2.75, 3.05) is 27.4 Å². The van der Waals surface area contributed by atoms with E-state index in [2.05, 4.69) is 16.0 Å². The number of aryl methyl sites for hydroxylation is 3. The monoisotopic (exact) mass is 535 g/mol. The fourth-order valence-corrected chi connectivity index (χ4v) is 4.63. The minimum atomic E-state index is -0.0539. The molecule has 0 atom stereocenters. The number of para-hydroxylation sites is 2. The summed E-state index contributed by atoms with van der Waals surface area (Å²) in [7, 11) is 3.17. The van der Waals surface area contributed by atoms with Gasteiger partial charge in [-0.2, -0.15) is 0 Å². The van der Waals surface area contributed by atoms with Crippen LogP contribution >= 0.6 is 11.6 Å². The van der Waals surface area contributed by atoms with Crippen molar-refractivity contribution in [2.45, 2.75) is 39.7 Å². The Kier molecular flexibility index (Phi) is 9.13. The molecule has 8 heteroatoms. The Hall–Kier alpha value is -3.71. The highest BCUT2D eigenvalue weighted by molar-refractivity contribution is 6.32. The van der Waals surface area contributed by atoms with Gasteiger partial charge in [0.25, 0.3) is 0 Å². The van der Waals surface area contributed by atoms with Crippen molar-refractivity contribution in [2.24, 2.45) is 0 Å². The number of benzene rings is 3. The van der Waals surface area contributed by atoms with Gasteiger partial charge in [0.2, 0.25) is 5.91 Å². The fraction of sp³-hybridized carbons (Fsp3) is 0.333. The second-order valence-electron chi connectivity index (χ2n) is 9.21. The molecule has 0 fully saturated rings. The summed E-state index contributed by atoms with van der Waals surface area (Å²) < 4.78 is 18.8. The van der Waals surface area contributed by atoms with Crippen LogP contribution in [0.4, 0.5) is 0 Å². The van der Waals surface area contributed by atoms with Gasteiger partial charge in [0, 0.05) is 24.5 Å². The van der Waals surface area contributed by atoms with Gasteiger partial charge in [-0.25, -0.2) is 4.98 Å². The molecule has 0 aliphatic heterocycles. The number of nitrogens with zero attached hydrogens (tertiary/aromatic N) is 2. The molecule has 0 aliphatic rings. The van der Waals surface area contributed by atoms with Crippen LogP contribution in [-0.4, -0.2) is 42.8 Å².